The molecular formula is C35H48N6O9S. The lowest BCUT2D eigenvalue weighted by Crippen LogP contribution is -2.52. The maximum Gasteiger partial charge on any atom is 0.407 e. The van der Waals surface area contributed by atoms with Gasteiger partial charge in [0.2, 0.25) is 22.8 Å². The summed E-state index contributed by atoms with van der Waals surface area (Å²) in [6.07, 6.45) is 1.05. The Balaban J connectivity index is 1.35. The summed E-state index contributed by atoms with van der Waals surface area (Å²) in [4.78, 5) is 19.4. The van der Waals surface area contributed by atoms with Crippen molar-refractivity contribution in [2.75, 3.05) is 53.7 Å². The molecule has 2 aromatic carbocycles. The number of hydrogen-bond acceptors (Lipinski definition) is 11. The molecule has 3 aliphatic rings. The number of sulfonamides is 1. The van der Waals surface area contributed by atoms with Crippen LogP contribution in [0.1, 0.15) is 38.7 Å². The van der Waals surface area contributed by atoms with E-state index in [-0.39, 0.29) is 43.7 Å². The molecule has 0 bridgehead atoms. The van der Waals surface area contributed by atoms with Crippen LogP contribution in [0, 0.1) is 22.8 Å². The third-order valence-corrected chi connectivity index (χ3v) is 11.0. The van der Waals surface area contributed by atoms with Crippen LogP contribution < -0.4 is 20.1 Å². The lowest BCUT2D eigenvalue weighted by atomic mass is 9.87. The first kappa shape index (κ1) is 38.1. The van der Waals surface area contributed by atoms with E-state index in [9.17, 15) is 18.3 Å². The Bertz CT molecular complexity index is 1670. The van der Waals surface area contributed by atoms with Gasteiger partial charge >= 0.3 is 6.09 Å². The molecule has 0 aromatic heterocycles. The number of aliphatic imine (C=N–C) groups is 1. The van der Waals surface area contributed by atoms with Crippen LogP contribution in [0.5, 0.6) is 11.5 Å². The molecule has 0 radical (unpaired) electrons. The number of amides is 1. The van der Waals surface area contributed by atoms with Gasteiger partial charge in [-0.25, -0.2) is 13.2 Å². The van der Waals surface area contributed by atoms with E-state index in [2.05, 4.69) is 15.6 Å². The number of guanidine groups is 1. The number of carbonyl (C=O) groups is 1. The van der Waals surface area contributed by atoms with Crippen molar-refractivity contribution < 1.29 is 42.0 Å². The van der Waals surface area contributed by atoms with Crippen molar-refractivity contribution in [1.29, 1.82) is 5.26 Å². The second-order valence-corrected chi connectivity index (χ2v) is 15.8. The van der Waals surface area contributed by atoms with Crippen molar-refractivity contribution >= 4 is 22.1 Å². The molecule has 15 nitrogen and oxygen atoms in total. The highest BCUT2D eigenvalue weighted by Crippen LogP contribution is 2.36. The molecule has 0 unspecified atom stereocenters. The second kappa shape index (κ2) is 16.9. The number of nitriles is 1. The van der Waals surface area contributed by atoms with Gasteiger partial charge in [0.15, 0.2) is 24.0 Å². The molecule has 51 heavy (non-hydrogen) atoms. The number of nitrogens with one attached hydrogen (secondary N) is 2. The summed E-state index contributed by atoms with van der Waals surface area (Å²) in [5.74, 6) is 1.12. The zero-order valence-electron chi connectivity index (χ0n) is 29.5. The van der Waals surface area contributed by atoms with Crippen molar-refractivity contribution in [2.24, 2.45) is 16.3 Å². The molecule has 2 fully saturated rings. The van der Waals surface area contributed by atoms with Crippen LogP contribution in [0.25, 0.3) is 0 Å². The predicted octanol–water partition coefficient (Wildman–Crippen LogP) is 2.66. The molecule has 2 saturated heterocycles. The molecule has 3 heterocycles. The minimum atomic E-state index is -4.19. The van der Waals surface area contributed by atoms with Crippen LogP contribution in [-0.4, -0.2) is 113 Å². The number of rotatable bonds is 15. The lowest BCUT2D eigenvalue weighted by Gasteiger charge is -2.35. The molecule has 5 atom stereocenters. The molecule has 0 saturated carbocycles. The van der Waals surface area contributed by atoms with Crippen LogP contribution in [-0.2, 0) is 30.7 Å². The number of ether oxygens (including phenoxy) is 5. The number of nitrogens with zero attached hydrogens (tertiary/aromatic N) is 4. The Morgan fingerprint density at radius 2 is 1.92 bits per heavy atom. The van der Waals surface area contributed by atoms with Gasteiger partial charge in [0.25, 0.3) is 0 Å². The molecule has 16 heteroatoms. The summed E-state index contributed by atoms with van der Waals surface area (Å²) in [5.41, 5.74) is 0.271. The summed E-state index contributed by atoms with van der Waals surface area (Å²) in [7, 11) is -0.638. The van der Waals surface area contributed by atoms with E-state index in [0.717, 1.165) is 5.56 Å². The van der Waals surface area contributed by atoms with E-state index >= 15 is 0 Å². The van der Waals surface area contributed by atoms with Crippen LogP contribution in [0.4, 0.5) is 4.79 Å². The number of hydrogen-bond donors (Lipinski definition) is 3. The fourth-order valence-electron chi connectivity index (χ4n) is 6.43. The van der Waals surface area contributed by atoms with Crippen molar-refractivity contribution in [3.05, 3.63) is 54.1 Å². The monoisotopic (exact) mass is 728 g/mol. The molecule has 0 aliphatic carbocycles. The topological polar surface area (TPSA) is 184 Å². The molecular weight excluding hydrogens is 680 g/mol. The number of benzene rings is 2. The largest absolute Gasteiger partial charge is 0.454 e. The highest BCUT2D eigenvalue weighted by atomic mass is 32.2. The molecule has 3 N–H and O–H groups in total. The zero-order chi connectivity index (χ0) is 36.6. The normalized spacial score (nSPS) is 21.1. The molecule has 2 aromatic rings. The van der Waals surface area contributed by atoms with Gasteiger partial charge in [0.05, 0.1) is 36.2 Å². The van der Waals surface area contributed by atoms with E-state index in [1.165, 1.54) is 16.4 Å². The summed E-state index contributed by atoms with van der Waals surface area (Å²) >= 11 is 0. The highest BCUT2D eigenvalue weighted by molar-refractivity contribution is 7.89. The van der Waals surface area contributed by atoms with E-state index in [1.54, 1.807) is 25.1 Å². The summed E-state index contributed by atoms with van der Waals surface area (Å²) in [5, 5.41) is 26.2. The van der Waals surface area contributed by atoms with Gasteiger partial charge in [-0.05, 0) is 48.8 Å². The Hall–Kier alpha value is -4.14. The molecule has 5 rings (SSSR count). The first-order valence-electron chi connectivity index (χ1n) is 17.1. The Kier molecular flexibility index (Phi) is 12.6. The first-order chi connectivity index (χ1) is 24.4. The predicted molar refractivity (Wildman–Crippen MR) is 186 cm³/mol. The van der Waals surface area contributed by atoms with Crippen LogP contribution in [0.3, 0.4) is 0 Å². The SMILES string of the molecule is CN(C)C(=NCCCC(C)(C)CN(C[C@@H](O)[C@H](Cc1ccccc1)NC(=O)O[C@H]1CO[C@H]2OCC[C@H]21)S(=O)(=O)c1ccc2c(c1)OCO2)NC#N. The first-order valence-corrected chi connectivity index (χ1v) is 18.5. The minimum Gasteiger partial charge on any atom is -0.454 e. The van der Waals surface area contributed by atoms with Gasteiger partial charge in [-0.3, -0.25) is 10.3 Å². The van der Waals surface area contributed by atoms with Crippen LogP contribution >= 0.6 is 0 Å². The van der Waals surface area contributed by atoms with Gasteiger partial charge in [0.1, 0.15) is 6.10 Å². The van der Waals surface area contributed by atoms with Crippen LogP contribution in [0.15, 0.2) is 58.4 Å². The van der Waals surface area contributed by atoms with Gasteiger partial charge < -0.3 is 39.0 Å². The van der Waals surface area contributed by atoms with Crippen molar-refractivity contribution in [2.45, 2.75) is 69.0 Å². The van der Waals surface area contributed by atoms with Crippen molar-refractivity contribution in [1.82, 2.24) is 19.8 Å². The van der Waals surface area contributed by atoms with Crippen molar-refractivity contribution in [3.8, 4) is 17.7 Å². The van der Waals surface area contributed by atoms with E-state index < -0.39 is 46.1 Å². The smallest absolute Gasteiger partial charge is 0.407 e. The minimum absolute atomic E-state index is 0.0133. The Labute approximate surface area is 299 Å². The summed E-state index contributed by atoms with van der Waals surface area (Å²) < 4.78 is 57.8. The zero-order valence-corrected chi connectivity index (χ0v) is 30.3. The maximum atomic E-state index is 14.4. The van der Waals surface area contributed by atoms with Crippen molar-refractivity contribution in [3.63, 3.8) is 0 Å². The fraction of sp³-hybridized carbons (Fsp3) is 0.571. The Morgan fingerprint density at radius 1 is 1.16 bits per heavy atom. The number of aliphatic hydroxyl groups is 1. The number of aliphatic hydroxyl groups excluding tert-OH is 1. The third kappa shape index (κ3) is 10.0. The highest BCUT2D eigenvalue weighted by Gasteiger charge is 2.44. The summed E-state index contributed by atoms with van der Waals surface area (Å²) in [6.45, 7) is 4.76. The average molecular weight is 729 g/mol. The fourth-order valence-corrected chi connectivity index (χ4v) is 8.10. The number of carbonyl (C=O) groups excluding carboxylic acids is 1. The van der Waals surface area contributed by atoms with Gasteiger partial charge in [-0.15, -0.1) is 0 Å². The van der Waals surface area contributed by atoms with Crippen LogP contribution in [0.2, 0.25) is 0 Å². The summed E-state index contributed by atoms with van der Waals surface area (Å²) in [6, 6.07) is 12.8. The second-order valence-electron chi connectivity index (χ2n) is 13.9. The third-order valence-electron chi connectivity index (χ3n) is 9.15. The average Bonchev–Trinajstić information content (AvgIpc) is 3.84. The maximum absolute atomic E-state index is 14.4. The molecule has 3 aliphatic heterocycles. The standard InChI is InChI=1S/C35H48N6O9S/c1-35(2,14-8-15-37-33(38-22-36)40(3)4)21-41(51(44,45)25-11-12-29-30(18-25)49-23-48-29)19-28(42)27(17-24-9-6-5-7-10-24)39-34(43)50-31-20-47-32-26(31)13-16-46-32/h5-7,9-12,18,26-28,31-32,42H,8,13-17,19-21,23H2,1-4H3,(H,37,38)(H,39,43)/t26-,27-,28+,31-,32+/m0/s1. The number of fused-ring (bicyclic) bond motifs is 2. The van der Waals surface area contributed by atoms with Gasteiger partial charge in [0, 0.05) is 39.8 Å². The van der Waals surface area contributed by atoms with Gasteiger partial charge in [-0.1, -0.05) is 44.2 Å². The molecule has 1 amide bonds. The van der Waals surface area contributed by atoms with E-state index in [1.807, 2.05) is 50.4 Å². The van der Waals surface area contributed by atoms with Gasteiger partial charge in [-0.2, -0.15) is 9.57 Å². The van der Waals surface area contributed by atoms with E-state index in [4.69, 9.17) is 28.9 Å². The quantitative estimate of drug-likeness (QED) is 0.0803. The van der Waals surface area contributed by atoms with E-state index in [0.29, 0.717) is 49.9 Å². The Morgan fingerprint density at radius 3 is 2.67 bits per heavy atom. The number of alkyl carbamates (subject to hydrolysis) is 1. The lowest BCUT2D eigenvalue weighted by molar-refractivity contribution is -0.0907. The molecule has 0 spiro atoms. The molecule has 278 valence electrons.